The summed E-state index contributed by atoms with van der Waals surface area (Å²) in [7, 11) is 0. The van der Waals surface area contributed by atoms with E-state index in [2.05, 4.69) is 9.97 Å². The standard InChI is InChI=1S/C24H19FN2O2/c1-15-22(16(2)28)24(27-23(15)17-10-12-26-13-11-17)18-4-3-5-21(14-18)29-20-8-6-19(25)7-9-20/h3-14,27H,1-2H3. The van der Waals surface area contributed by atoms with E-state index >= 15 is 0 Å². The molecule has 4 aromatic rings. The molecule has 0 unspecified atom stereocenters. The molecule has 0 aliphatic heterocycles. The summed E-state index contributed by atoms with van der Waals surface area (Å²) in [6.07, 6.45) is 3.44. The molecule has 4 nitrogen and oxygen atoms in total. The van der Waals surface area contributed by atoms with Crippen molar-refractivity contribution >= 4 is 5.78 Å². The number of nitrogens with one attached hydrogen (secondary N) is 1. The van der Waals surface area contributed by atoms with Crippen LogP contribution in [-0.4, -0.2) is 15.8 Å². The Morgan fingerprint density at radius 3 is 2.34 bits per heavy atom. The minimum Gasteiger partial charge on any atom is -0.457 e. The molecule has 2 aromatic heterocycles. The second-order valence-corrected chi connectivity index (χ2v) is 6.75. The number of hydrogen-bond acceptors (Lipinski definition) is 3. The molecule has 0 saturated carbocycles. The molecule has 1 N–H and O–H groups in total. The van der Waals surface area contributed by atoms with Gasteiger partial charge in [-0.3, -0.25) is 9.78 Å². The number of pyridine rings is 1. The molecule has 144 valence electrons. The number of H-pyrrole nitrogens is 1. The molecule has 0 spiro atoms. The van der Waals surface area contributed by atoms with Gasteiger partial charge >= 0.3 is 0 Å². The van der Waals surface area contributed by atoms with E-state index in [0.717, 1.165) is 28.1 Å². The van der Waals surface area contributed by atoms with Crippen molar-refractivity contribution in [3.8, 4) is 34.0 Å². The van der Waals surface area contributed by atoms with E-state index in [1.54, 1.807) is 31.5 Å². The Bertz CT molecular complexity index is 1170. The van der Waals surface area contributed by atoms with Crippen LogP contribution in [0.25, 0.3) is 22.5 Å². The van der Waals surface area contributed by atoms with E-state index in [1.165, 1.54) is 12.1 Å². The molecular weight excluding hydrogens is 367 g/mol. The molecule has 0 bridgehead atoms. The van der Waals surface area contributed by atoms with Crippen molar-refractivity contribution in [3.05, 3.63) is 90.0 Å². The summed E-state index contributed by atoms with van der Waals surface area (Å²) in [6, 6.07) is 17.1. The second kappa shape index (κ2) is 7.72. The summed E-state index contributed by atoms with van der Waals surface area (Å²) in [5.74, 6) is 0.804. The Kier molecular flexibility index (Phi) is 4.96. The van der Waals surface area contributed by atoms with Gasteiger partial charge in [0.1, 0.15) is 17.3 Å². The summed E-state index contributed by atoms with van der Waals surface area (Å²) in [5.41, 5.74) is 4.96. The molecule has 0 aliphatic rings. The van der Waals surface area contributed by atoms with Crippen LogP contribution in [-0.2, 0) is 0 Å². The van der Waals surface area contributed by atoms with Gasteiger partial charge in [-0.05, 0) is 67.9 Å². The maximum atomic E-state index is 13.1. The number of carbonyl (C=O) groups is 1. The first-order valence-electron chi connectivity index (χ1n) is 9.20. The van der Waals surface area contributed by atoms with Crippen molar-refractivity contribution in [2.45, 2.75) is 13.8 Å². The minimum atomic E-state index is -0.317. The molecule has 0 fully saturated rings. The molecule has 2 aromatic carbocycles. The van der Waals surface area contributed by atoms with Crippen molar-refractivity contribution in [3.63, 3.8) is 0 Å². The normalized spacial score (nSPS) is 10.7. The Hall–Kier alpha value is -3.73. The molecule has 5 heteroatoms. The summed E-state index contributed by atoms with van der Waals surface area (Å²) >= 11 is 0. The zero-order valence-electron chi connectivity index (χ0n) is 16.1. The number of rotatable bonds is 5. The van der Waals surface area contributed by atoms with Crippen molar-refractivity contribution in [1.82, 2.24) is 9.97 Å². The van der Waals surface area contributed by atoms with Crippen LogP contribution in [0.3, 0.4) is 0 Å². The van der Waals surface area contributed by atoms with E-state index < -0.39 is 0 Å². The Balaban J connectivity index is 1.76. The molecule has 2 heterocycles. The van der Waals surface area contributed by atoms with Crippen molar-refractivity contribution < 1.29 is 13.9 Å². The van der Waals surface area contributed by atoms with Gasteiger partial charge in [0.2, 0.25) is 0 Å². The van der Waals surface area contributed by atoms with Gasteiger partial charge < -0.3 is 9.72 Å². The zero-order chi connectivity index (χ0) is 20.4. The van der Waals surface area contributed by atoms with Gasteiger partial charge in [-0.2, -0.15) is 0 Å². The van der Waals surface area contributed by atoms with Gasteiger partial charge in [0.05, 0.1) is 5.69 Å². The van der Waals surface area contributed by atoms with Crippen LogP contribution in [0.15, 0.2) is 73.1 Å². The molecule has 4 rings (SSSR count). The Morgan fingerprint density at radius 2 is 1.66 bits per heavy atom. The fourth-order valence-corrected chi connectivity index (χ4v) is 3.41. The lowest BCUT2D eigenvalue weighted by Crippen LogP contribution is -1.96. The highest BCUT2D eigenvalue weighted by Gasteiger charge is 2.20. The summed E-state index contributed by atoms with van der Waals surface area (Å²) in [4.78, 5) is 19.9. The first-order valence-corrected chi connectivity index (χ1v) is 9.20. The number of aromatic amines is 1. The first kappa shape index (κ1) is 18.6. The molecule has 0 amide bonds. The average Bonchev–Trinajstić information content (AvgIpc) is 3.08. The molecule has 0 radical (unpaired) electrons. The lowest BCUT2D eigenvalue weighted by molar-refractivity contribution is 0.101. The molecule has 0 saturated heterocycles. The third kappa shape index (κ3) is 3.80. The van der Waals surface area contributed by atoms with Crippen LogP contribution < -0.4 is 4.74 Å². The summed E-state index contributed by atoms with van der Waals surface area (Å²) < 4.78 is 19.0. The fourth-order valence-electron chi connectivity index (χ4n) is 3.41. The molecular formula is C24H19FN2O2. The number of Topliss-reactive ketones (excluding diaryl/α,β-unsaturated/α-hetero) is 1. The van der Waals surface area contributed by atoms with Crippen LogP contribution in [0.4, 0.5) is 4.39 Å². The van der Waals surface area contributed by atoms with Gasteiger partial charge in [0.25, 0.3) is 0 Å². The van der Waals surface area contributed by atoms with Crippen molar-refractivity contribution in [2.24, 2.45) is 0 Å². The van der Waals surface area contributed by atoms with Gasteiger partial charge in [0.15, 0.2) is 5.78 Å². The Labute approximate surface area is 168 Å². The highest BCUT2D eigenvalue weighted by molar-refractivity contribution is 6.03. The number of nitrogens with zero attached hydrogens (tertiary/aromatic N) is 1. The Morgan fingerprint density at radius 1 is 0.931 bits per heavy atom. The van der Waals surface area contributed by atoms with Crippen molar-refractivity contribution in [1.29, 1.82) is 0 Å². The van der Waals surface area contributed by atoms with E-state index in [9.17, 15) is 9.18 Å². The van der Waals surface area contributed by atoms with Crippen LogP contribution in [0, 0.1) is 12.7 Å². The van der Waals surface area contributed by atoms with E-state index in [-0.39, 0.29) is 11.6 Å². The number of ketones is 1. The number of benzene rings is 2. The largest absolute Gasteiger partial charge is 0.457 e. The van der Waals surface area contributed by atoms with Gasteiger partial charge in [0, 0.05) is 34.8 Å². The number of halogens is 1. The molecule has 29 heavy (non-hydrogen) atoms. The summed E-state index contributed by atoms with van der Waals surface area (Å²) in [6.45, 7) is 3.50. The maximum absolute atomic E-state index is 13.1. The topological polar surface area (TPSA) is 55.0 Å². The van der Waals surface area contributed by atoms with E-state index in [1.807, 2.05) is 43.3 Å². The van der Waals surface area contributed by atoms with Crippen LogP contribution in [0.5, 0.6) is 11.5 Å². The fraction of sp³-hybridized carbons (Fsp3) is 0.0833. The zero-order valence-corrected chi connectivity index (χ0v) is 16.1. The predicted molar refractivity (Wildman–Crippen MR) is 111 cm³/mol. The summed E-state index contributed by atoms with van der Waals surface area (Å²) in [5, 5.41) is 0. The van der Waals surface area contributed by atoms with Crippen LogP contribution in [0.2, 0.25) is 0 Å². The van der Waals surface area contributed by atoms with Gasteiger partial charge in [-0.1, -0.05) is 12.1 Å². The lowest BCUT2D eigenvalue weighted by atomic mass is 10.0. The third-order valence-corrected chi connectivity index (χ3v) is 4.74. The number of carbonyl (C=O) groups excluding carboxylic acids is 1. The van der Waals surface area contributed by atoms with Gasteiger partial charge in [-0.15, -0.1) is 0 Å². The number of hydrogen-bond donors (Lipinski definition) is 1. The quantitative estimate of drug-likeness (QED) is 0.416. The van der Waals surface area contributed by atoms with Gasteiger partial charge in [-0.25, -0.2) is 4.39 Å². The lowest BCUT2D eigenvalue weighted by Gasteiger charge is -2.08. The smallest absolute Gasteiger partial charge is 0.162 e. The van der Waals surface area contributed by atoms with Crippen LogP contribution >= 0.6 is 0 Å². The SMILES string of the molecule is CC(=O)c1c(-c2cccc(Oc3ccc(F)cc3)c2)[nH]c(-c2ccncc2)c1C. The third-order valence-electron chi connectivity index (χ3n) is 4.74. The second-order valence-electron chi connectivity index (χ2n) is 6.75. The monoisotopic (exact) mass is 386 g/mol. The molecule has 0 atom stereocenters. The minimum absolute atomic E-state index is 0.0149. The predicted octanol–water partition coefficient (Wildman–Crippen LogP) is 6.19. The average molecular weight is 386 g/mol. The molecule has 0 aliphatic carbocycles. The van der Waals surface area contributed by atoms with Crippen molar-refractivity contribution in [2.75, 3.05) is 0 Å². The van der Waals surface area contributed by atoms with E-state index in [4.69, 9.17) is 4.74 Å². The van der Waals surface area contributed by atoms with Crippen LogP contribution in [0.1, 0.15) is 22.8 Å². The number of aromatic nitrogens is 2. The van der Waals surface area contributed by atoms with E-state index in [0.29, 0.717) is 17.1 Å². The highest BCUT2D eigenvalue weighted by atomic mass is 19.1. The highest BCUT2D eigenvalue weighted by Crippen LogP contribution is 2.35. The first-order chi connectivity index (χ1) is 14.0. The number of ether oxygens (including phenoxy) is 1. The maximum Gasteiger partial charge on any atom is 0.162 e.